The summed E-state index contributed by atoms with van der Waals surface area (Å²) in [7, 11) is 1.67. The molecular weight excluding hydrogens is 228 g/mol. The first-order valence-corrected chi connectivity index (χ1v) is 6.09. The lowest BCUT2D eigenvalue weighted by Crippen LogP contribution is -2.34. The molecule has 0 saturated heterocycles. The molecule has 3 rings (SSSR count). The van der Waals surface area contributed by atoms with Crippen molar-refractivity contribution in [2.24, 2.45) is 0 Å². The highest BCUT2D eigenvalue weighted by Gasteiger charge is 2.26. The summed E-state index contributed by atoms with van der Waals surface area (Å²) in [6.45, 7) is 4.54. The lowest BCUT2D eigenvalue weighted by Gasteiger charge is -2.23. The normalized spacial score (nSPS) is 19.2. The Labute approximate surface area is 106 Å². The van der Waals surface area contributed by atoms with Crippen molar-refractivity contribution < 1.29 is 9.48 Å². The standard InChI is InChI=1S/C14H16N2O2/c1-9-8-15-13(10(2)16(9)17)6-11-4-5-12(18-3)7-14(11)15/h4-7,9H,8H2,1-3H3. The summed E-state index contributed by atoms with van der Waals surface area (Å²) >= 11 is 0. The Balaban J connectivity index is 2.29. The van der Waals surface area contributed by atoms with E-state index in [4.69, 9.17) is 4.74 Å². The summed E-state index contributed by atoms with van der Waals surface area (Å²) in [5.74, 6) is 0.846. The Morgan fingerprint density at radius 1 is 1.39 bits per heavy atom. The number of hydrogen-bond acceptors (Lipinski definition) is 2. The zero-order valence-electron chi connectivity index (χ0n) is 10.8. The van der Waals surface area contributed by atoms with Crippen LogP contribution in [0.25, 0.3) is 10.9 Å². The summed E-state index contributed by atoms with van der Waals surface area (Å²) in [4.78, 5) is 0. The molecule has 94 valence electrons. The Morgan fingerprint density at radius 2 is 2.17 bits per heavy atom. The smallest absolute Gasteiger partial charge is 0.208 e. The zero-order valence-corrected chi connectivity index (χ0v) is 10.8. The van der Waals surface area contributed by atoms with Crippen LogP contribution in [0.5, 0.6) is 5.75 Å². The van der Waals surface area contributed by atoms with Gasteiger partial charge in [-0.15, -0.1) is 0 Å². The predicted molar refractivity (Wildman–Crippen MR) is 71.4 cm³/mol. The van der Waals surface area contributed by atoms with Crippen molar-refractivity contribution >= 4 is 16.6 Å². The third-order valence-corrected chi connectivity index (χ3v) is 3.66. The van der Waals surface area contributed by atoms with Gasteiger partial charge in [-0.25, -0.2) is 4.74 Å². The molecule has 0 fully saturated rings. The van der Waals surface area contributed by atoms with Crippen LogP contribution >= 0.6 is 0 Å². The van der Waals surface area contributed by atoms with Crippen LogP contribution in [0.15, 0.2) is 24.3 Å². The van der Waals surface area contributed by atoms with Crippen molar-refractivity contribution in [2.45, 2.75) is 26.4 Å². The first kappa shape index (κ1) is 11.1. The molecule has 4 heteroatoms. The van der Waals surface area contributed by atoms with E-state index < -0.39 is 0 Å². The second kappa shape index (κ2) is 3.77. The van der Waals surface area contributed by atoms with Gasteiger partial charge in [0.15, 0.2) is 6.04 Å². The number of ether oxygens (including phenoxy) is 1. The van der Waals surface area contributed by atoms with Crippen molar-refractivity contribution in [3.05, 3.63) is 35.2 Å². The molecule has 1 unspecified atom stereocenters. The highest BCUT2D eigenvalue weighted by Crippen LogP contribution is 2.27. The van der Waals surface area contributed by atoms with E-state index in [1.165, 1.54) is 0 Å². The van der Waals surface area contributed by atoms with Crippen LogP contribution in [0.3, 0.4) is 0 Å². The minimum absolute atomic E-state index is 0.0284. The molecule has 0 aliphatic carbocycles. The Morgan fingerprint density at radius 3 is 2.89 bits per heavy atom. The third kappa shape index (κ3) is 1.41. The maximum absolute atomic E-state index is 11.9. The average Bonchev–Trinajstić information content (AvgIpc) is 2.74. The van der Waals surface area contributed by atoms with Crippen molar-refractivity contribution in [1.82, 2.24) is 4.57 Å². The van der Waals surface area contributed by atoms with Crippen molar-refractivity contribution in [1.29, 1.82) is 0 Å². The molecule has 1 aromatic heterocycles. The number of fused-ring (bicyclic) bond motifs is 3. The van der Waals surface area contributed by atoms with Crippen molar-refractivity contribution in [2.75, 3.05) is 7.11 Å². The van der Waals surface area contributed by atoms with Crippen LogP contribution in [-0.2, 0) is 6.54 Å². The first-order chi connectivity index (χ1) is 8.61. The number of methoxy groups -OCH3 is 1. The van der Waals surface area contributed by atoms with Gasteiger partial charge in [-0.3, -0.25) is 0 Å². The topological polar surface area (TPSA) is 40.2 Å². The number of nitrogens with zero attached hydrogens (tertiary/aromatic N) is 2. The molecule has 0 bridgehead atoms. The van der Waals surface area contributed by atoms with Gasteiger partial charge in [0.1, 0.15) is 11.4 Å². The molecule has 0 radical (unpaired) electrons. The summed E-state index contributed by atoms with van der Waals surface area (Å²) in [6.07, 6.45) is 0. The average molecular weight is 244 g/mol. The van der Waals surface area contributed by atoms with Gasteiger partial charge >= 0.3 is 0 Å². The van der Waals surface area contributed by atoms with E-state index in [1.54, 1.807) is 7.11 Å². The molecule has 0 amide bonds. The molecule has 1 aliphatic rings. The van der Waals surface area contributed by atoms with E-state index in [-0.39, 0.29) is 6.04 Å². The van der Waals surface area contributed by atoms with Gasteiger partial charge in [-0.2, -0.15) is 0 Å². The van der Waals surface area contributed by atoms with Gasteiger partial charge in [-0.05, 0) is 18.2 Å². The van der Waals surface area contributed by atoms with Crippen LogP contribution in [0.2, 0.25) is 0 Å². The van der Waals surface area contributed by atoms with E-state index in [0.717, 1.165) is 32.8 Å². The van der Waals surface area contributed by atoms with E-state index in [2.05, 4.69) is 10.6 Å². The molecule has 1 aliphatic heterocycles. The molecule has 2 heterocycles. The Bertz CT molecular complexity index is 655. The molecule has 0 saturated carbocycles. The minimum Gasteiger partial charge on any atom is -0.623 e. The molecule has 2 aromatic rings. The van der Waals surface area contributed by atoms with Crippen LogP contribution in [0.4, 0.5) is 0 Å². The van der Waals surface area contributed by atoms with Gasteiger partial charge in [0.2, 0.25) is 5.71 Å². The molecule has 4 nitrogen and oxygen atoms in total. The second-order valence-corrected chi connectivity index (χ2v) is 4.83. The van der Waals surface area contributed by atoms with Gasteiger partial charge in [0.25, 0.3) is 0 Å². The summed E-state index contributed by atoms with van der Waals surface area (Å²) in [5, 5.41) is 13.1. The highest BCUT2D eigenvalue weighted by molar-refractivity contribution is 6.00. The number of hydroxylamine groups is 1. The number of rotatable bonds is 1. The number of hydrogen-bond donors (Lipinski definition) is 0. The minimum atomic E-state index is -0.0284. The Hall–Kier alpha value is -1.97. The number of aromatic nitrogens is 1. The zero-order chi connectivity index (χ0) is 12.9. The van der Waals surface area contributed by atoms with E-state index in [9.17, 15) is 5.21 Å². The summed E-state index contributed by atoms with van der Waals surface area (Å²) < 4.78 is 8.57. The SMILES string of the molecule is COc1ccc2cc3n(c2c1)CC(C)[N+]([O-])=C3C. The molecule has 1 atom stereocenters. The molecule has 0 spiro atoms. The maximum Gasteiger partial charge on any atom is 0.208 e. The van der Waals surface area contributed by atoms with Crippen molar-refractivity contribution in [3.8, 4) is 5.75 Å². The quantitative estimate of drug-likeness (QED) is 0.570. The van der Waals surface area contributed by atoms with Gasteiger partial charge in [-0.1, -0.05) is 0 Å². The second-order valence-electron chi connectivity index (χ2n) is 4.83. The fraction of sp³-hybridized carbons (Fsp3) is 0.357. The molecular formula is C14H16N2O2. The molecule has 18 heavy (non-hydrogen) atoms. The van der Waals surface area contributed by atoms with Crippen molar-refractivity contribution in [3.63, 3.8) is 0 Å². The third-order valence-electron chi connectivity index (χ3n) is 3.66. The first-order valence-electron chi connectivity index (χ1n) is 6.09. The van der Waals surface area contributed by atoms with Gasteiger partial charge in [0, 0.05) is 25.3 Å². The monoisotopic (exact) mass is 244 g/mol. The van der Waals surface area contributed by atoms with Crippen LogP contribution < -0.4 is 4.74 Å². The van der Waals surface area contributed by atoms with E-state index in [0.29, 0.717) is 6.54 Å². The molecule has 0 N–H and O–H groups in total. The number of benzene rings is 1. The summed E-state index contributed by atoms with van der Waals surface area (Å²) in [6, 6.07) is 8.05. The fourth-order valence-corrected chi connectivity index (χ4v) is 2.64. The van der Waals surface area contributed by atoms with Gasteiger partial charge in [0.05, 0.1) is 19.2 Å². The lowest BCUT2D eigenvalue weighted by molar-refractivity contribution is -0.502. The van der Waals surface area contributed by atoms with Gasteiger partial charge < -0.3 is 14.5 Å². The maximum atomic E-state index is 11.9. The van der Waals surface area contributed by atoms with Crippen LogP contribution in [0, 0.1) is 5.21 Å². The highest BCUT2D eigenvalue weighted by atomic mass is 16.5. The van der Waals surface area contributed by atoms with Crippen LogP contribution in [-0.4, -0.2) is 28.2 Å². The van der Waals surface area contributed by atoms with Crippen LogP contribution in [0.1, 0.15) is 19.5 Å². The fourth-order valence-electron chi connectivity index (χ4n) is 2.64. The van der Waals surface area contributed by atoms with E-state index >= 15 is 0 Å². The predicted octanol–water partition coefficient (Wildman–Crippen LogP) is 2.37. The van der Waals surface area contributed by atoms with E-state index in [1.807, 2.05) is 32.0 Å². The Kier molecular flexibility index (Phi) is 2.33. The lowest BCUT2D eigenvalue weighted by atomic mass is 10.2. The molecule has 1 aromatic carbocycles. The largest absolute Gasteiger partial charge is 0.623 e. The summed E-state index contributed by atoms with van der Waals surface area (Å²) in [5.41, 5.74) is 2.92.